The van der Waals surface area contributed by atoms with Gasteiger partial charge in [0, 0.05) is 13.1 Å². The van der Waals surface area contributed by atoms with Crippen LogP contribution in [0, 0.1) is 5.41 Å². The van der Waals surface area contributed by atoms with Crippen LogP contribution in [0.4, 0.5) is 0 Å². The Kier molecular flexibility index (Phi) is 5.94. The summed E-state index contributed by atoms with van der Waals surface area (Å²) in [6.45, 7) is 4.48. The fourth-order valence-corrected chi connectivity index (χ4v) is 3.18. The van der Waals surface area contributed by atoms with E-state index in [1.54, 1.807) is 6.92 Å². The molecule has 5 nitrogen and oxygen atoms in total. The van der Waals surface area contributed by atoms with Crippen LogP contribution in [0.15, 0.2) is 30.3 Å². The van der Waals surface area contributed by atoms with Gasteiger partial charge >= 0.3 is 5.97 Å². The molecule has 0 aliphatic carbocycles. The second-order valence-corrected chi connectivity index (χ2v) is 5.90. The van der Waals surface area contributed by atoms with Gasteiger partial charge in [0.25, 0.3) is 0 Å². The zero-order valence-electron chi connectivity index (χ0n) is 13.2. The maximum Gasteiger partial charge on any atom is 0.314 e. The minimum Gasteiger partial charge on any atom is -0.465 e. The highest BCUT2D eigenvalue weighted by Crippen LogP contribution is 2.37. The van der Waals surface area contributed by atoms with Crippen LogP contribution in [0.25, 0.3) is 0 Å². The van der Waals surface area contributed by atoms with E-state index in [0.717, 1.165) is 13.1 Å². The predicted octanol–water partition coefficient (Wildman–Crippen LogP) is 1.15. The molecule has 1 aliphatic rings. The highest BCUT2D eigenvalue weighted by molar-refractivity contribution is 5.78. The molecule has 1 heterocycles. The Morgan fingerprint density at radius 3 is 2.77 bits per heavy atom. The van der Waals surface area contributed by atoms with Gasteiger partial charge in [-0.15, -0.1) is 0 Å². The number of hydrogen-bond donors (Lipinski definition) is 2. The highest BCUT2D eigenvalue weighted by Gasteiger charge is 2.48. The van der Waals surface area contributed by atoms with E-state index in [2.05, 4.69) is 17.0 Å². The van der Waals surface area contributed by atoms with Crippen molar-refractivity contribution in [1.82, 2.24) is 4.90 Å². The Labute approximate surface area is 132 Å². The summed E-state index contributed by atoms with van der Waals surface area (Å²) in [4.78, 5) is 14.5. The van der Waals surface area contributed by atoms with Crippen LogP contribution < -0.4 is 5.73 Å². The number of hydrogen-bond acceptors (Lipinski definition) is 5. The van der Waals surface area contributed by atoms with Gasteiger partial charge in [0.2, 0.25) is 0 Å². The number of esters is 1. The van der Waals surface area contributed by atoms with Gasteiger partial charge in [-0.2, -0.15) is 0 Å². The van der Waals surface area contributed by atoms with E-state index < -0.39 is 11.5 Å². The molecule has 1 aromatic rings. The monoisotopic (exact) mass is 306 g/mol. The Hall–Kier alpha value is -1.43. The lowest BCUT2D eigenvalue weighted by Crippen LogP contribution is -2.55. The maximum atomic E-state index is 12.3. The van der Waals surface area contributed by atoms with Crippen molar-refractivity contribution in [3.63, 3.8) is 0 Å². The highest BCUT2D eigenvalue weighted by atomic mass is 16.5. The summed E-state index contributed by atoms with van der Waals surface area (Å²) in [7, 11) is 0. The van der Waals surface area contributed by atoms with Crippen molar-refractivity contribution in [2.24, 2.45) is 11.1 Å². The number of β-amino-alcohol motifs (C(OH)–C–C–N with tert-alkyl or cyclic N) is 1. The molecule has 2 atom stereocenters. The molecule has 3 N–H and O–H groups in total. The van der Waals surface area contributed by atoms with Crippen molar-refractivity contribution < 1.29 is 14.6 Å². The SMILES string of the molecule is CCOC(=O)C1(CCN)CCN(Cc2ccccc2)CC1O. The van der Waals surface area contributed by atoms with Crippen LogP contribution >= 0.6 is 0 Å². The molecule has 0 amide bonds. The minimum atomic E-state index is -0.849. The number of nitrogens with zero attached hydrogens (tertiary/aromatic N) is 1. The summed E-state index contributed by atoms with van der Waals surface area (Å²) < 4.78 is 5.19. The molecule has 0 radical (unpaired) electrons. The first-order chi connectivity index (χ1) is 10.6. The van der Waals surface area contributed by atoms with Crippen LogP contribution in [-0.4, -0.2) is 48.3 Å². The molecule has 0 aromatic heterocycles. The third kappa shape index (κ3) is 3.66. The number of aliphatic hydroxyl groups is 1. The third-order valence-corrected chi connectivity index (χ3v) is 4.46. The molecule has 22 heavy (non-hydrogen) atoms. The van der Waals surface area contributed by atoms with Gasteiger partial charge in [-0.25, -0.2) is 0 Å². The maximum absolute atomic E-state index is 12.3. The molecule has 1 saturated heterocycles. The van der Waals surface area contributed by atoms with Gasteiger partial charge in [0.05, 0.1) is 18.1 Å². The molecule has 1 fully saturated rings. The van der Waals surface area contributed by atoms with Crippen LogP contribution in [0.1, 0.15) is 25.3 Å². The summed E-state index contributed by atoms with van der Waals surface area (Å²) >= 11 is 0. The second-order valence-electron chi connectivity index (χ2n) is 5.90. The fraction of sp³-hybridized carbons (Fsp3) is 0.588. The van der Waals surface area contributed by atoms with E-state index in [-0.39, 0.29) is 5.97 Å². The molecule has 1 aromatic carbocycles. The van der Waals surface area contributed by atoms with E-state index in [9.17, 15) is 9.90 Å². The second kappa shape index (κ2) is 7.72. The molecular weight excluding hydrogens is 280 g/mol. The zero-order chi connectivity index (χ0) is 16.0. The summed E-state index contributed by atoms with van der Waals surface area (Å²) in [5, 5.41) is 10.6. The topological polar surface area (TPSA) is 75.8 Å². The number of aliphatic hydroxyl groups excluding tert-OH is 1. The first-order valence-electron chi connectivity index (χ1n) is 7.94. The summed E-state index contributed by atoms with van der Waals surface area (Å²) in [6.07, 6.45) is 0.302. The molecule has 122 valence electrons. The number of ether oxygens (including phenoxy) is 1. The number of carbonyl (C=O) groups excluding carboxylic acids is 1. The third-order valence-electron chi connectivity index (χ3n) is 4.46. The normalized spacial score (nSPS) is 25.9. The predicted molar refractivity (Wildman–Crippen MR) is 85.1 cm³/mol. The first-order valence-corrected chi connectivity index (χ1v) is 7.94. The van der Waals surface area contributed by atoms with Crippen molar-refractivity contribution in [3.8, 4) is 0 Å². The van der Waals surface area contributed by atoms with Crippen molar-refractivity contribution in [2.75, 3.05) is 26.2 Å². The van der Waals surface area contributed by atoms with Crippen molar-refractivity contribution in [3.05, 3.63) is 35.9 Å². The number of rotatable bonds is 6. The quantitative estimate of drug-likeness (QED) is 0.771. The lowest BCUT2D eigenvalue weighted by Gasteiger charge is -2.43. The molecular formula is C17H26N2O3. The van der Waals surface area contributed by atoms with Gasteiger partial charge in [-0.3, -0.25) is 9.69 Å². The largest absolute Gasteiger partial charge is 0.465 e. The van der Waals surface area contributed by atoms with E-state index in [1.807, 2.05) is 18.2 Å². The van der Waals surface area contributed by atoms with Crippen molar-refractivity contribution in [1.29, 1.82) is 0 Å². The lowest BCUT2D eigenvalue weighted by atomic mass is 9.73. The van der Waals surface area contributed by atoms with Gasteiger partial charge in [-0.1, -0.05) is 30.3 Å². The number of nitrogens with two attached hydrogens (primary N) is 1. The van der Waals surface area contributed by atoms with E-state index in [1.165, 1.54) is 5.56 Å². The fourth-order valence-electron chi connectivity index (χ4n) is 3.18. The Balaban J connectivity index is 2.04. The smallest absolute Gasteiger partial charge is 0.314 e. The van der Waals surface area contributed by atoms with Crippen molar-refractivity contribution >= 4 is 5.97 Å². The lowest BCUT2D eigenvalue weighted by molar-refractivity contribution is -0.170. The average molecular weight is 306 g/mol. The van der Waals surface area contributed by atoms with Crippen molar-refractivity contribution in [2.45, 2.75) is 32.4 Å². The summed E-state index contributed by atoms with van der Waals surface area (Å²) in [5.41, 5.74) is 6.02. The number of carbonyl (C=O) groups is 1. The molecule has 2 rings (SSSR count). The number of piperidine rings is 1. The molecule has 2 unspecified atom stereocenters. The summed E-state index contributed by atoms with van der Waals surface area (Å²) in [6, 6.07) is 10.1. The van der Waals surface area contributed by atoms with Gasteiger partial charge in [0.1, 0.15) is 0 Å². The Morgan fingerprint density at radius 1 is 1.45 bits per heavy atom. The van der Waals surface area contributed by atoms with Crippen LogP contribution in [0.2, 0.25) is 0 Å². The molecule has 5 heteroatoms. The Bertz CT molecular complexity index is 480. The average Bonchev–Trinajstić information content (AvgIpc) is 2.51. The van der Waals surface area contributed by atoms with Crippen LogP contribution in [0.5, 0.6) is 0 Å². The van der Waals surface area contributed by atoms with Gasteiger partial charge in [0.15, 0.2) is 0 Å². The van der Waals surface area contributed by atoms with Crippen LogP contribution in [-0.2, 0) is 16.1 Å². The van der Waals surface area contributed by atoms with E-state index >= 15 is 0 Å². The molecule has 0 saturated carbocycles. The van der Waals surface area contributed by atoms with Crippen LogP contribution in [0.3, 0.4) is 0 Å². The number of benzene rings is 1. The van der Waals surface area contributed by atoms with Gasteiger partial charge < -0.3 is 15.6 Å². The van der Waals surface area contributed by atoms with E-state index in [0.29, 0.717) is 32.5 Å². The van der Waals surface area contributed by atoms with Gasteiger partial charge in [-0.05, 0) is 38.4 Å². The molecule has 1 aliphatic heterocycles. The number of likely N-dealkylation sites (tertiary alicyclic amines) is 1. The van der Waals surface area contributed by atoms with E-state index in [4.69, 9.17) is 10.5 Å². The summed E-state index contributed by atoms with van der Waals surface area (Å²) in [5.74, 6) is -0.313. The standard InChI is InChI=1S/C17H26N2O3/c1-2-22-16(21)17(8-10-18)9-11-19(13-15(17)20)12-14-6-4-3-5-7-14/h3-7,15,20H,2,8-13,18H2,1H3. The Morgan fingerprint density at radius 2 is 2.18 bits per heavy atom. The minimum absolute atomic E-state index is 0.313. The molecule has 0 spiro atoms. The first kappa shape index (κ1) is 16.9. The molecule has 0 bridgehead atoms. The zero-order valence-corrected chi connectivity index (χ0v) is 13.2.